The second kappa shape index (κ2) is 5.10. The quantitative estimate of drug-likeness (QED) is 0.710. The SMILES string of the molecule is Cc1cc2nc(-c3ccccc3)c(CC#N)n2cc1Br. The van der Waals surface area contributed by atoms with E-state index in [1.807, 2.05) is 53.9 Å². The summed E-state index contributed by atoms with van der Waals surface area (Å²) in [5.41, 5.74) is 4.84. The van der Waals surface area contributed by atoms with Crippen LogP contribution >= 0.6 is 15.9 Å². The van der Waals surface area contributed by atoms with Crippen molar-refractivity contribution in [3.63, 3.8) is 0 Å². The molecule has 3 nitrogen and oxygen atoms in total. The summed E-state index contributed by atoms with van der Waals surface area (Å²) < 4.78 is 3.00. The van der Waals surface area contributed by atoms with Gasteiger partial charge in [0.25, 0.3) is 0 Å². The fourth-order valence-corrected chi connectivity index (χ4v) is 2.60. The van der Waals surface area contributed by atoms with Crippen LogP contribution in [-0.4, -0.2) is 9.38 Å². The van der Waals surface area contributed by atoms with Gasteiger partial charge in [0.2, 0.25) is 0 Å². The predicted molar refractivity (Wildman–Crippen MR) is 82.4 cm³/mol. The number of nitriles is 1. The third kappa shape index (κ3) is 2.10. The number of nitrogens with zero attached hydrogens (tertiary/aromatic N) is 3. The van der Waals surface area contributed by atoms with Crippen molar-refractivity contribution in [3.8, 4) is 17.3 Å². The first-order valence-corrected chi connectivity index (χ1v) is 7.09. The van der Waals surface area contributed by atoms with Gasteiger partial charge in [0, 0.05) is 16.2 Å². The molecular weight excluding hydrogens is 314 g/mol. The molecule has 1 aromatic carbocycles. The lowest BCUT2D eigenvalue weighted by Gasteiger charge is -2.03. The predicted octanol–water partition coefficient (Wildman–Crippen LogP) is 4.14. The van der Waals surface area contributed by atoms with E-state index in [1.54, 1.807) is 0 Å². The van der Waals surface area contributed by atoms with Crippen LogP contribution in [0.5, 0.6) is 0 Å². The minimum Gasteiger partial charge on any atom is -0.301 e. The second-order valence-electron chi connectivity index (χ2n) is 4.64. The summed E-state index contributed by atoms with van der Waals surface area (Å²) in [6, 6.07) is 14.2. The van der Waals surface area contributed by atoms with Gasteiger partial charge in [0.05, 0.1) is 23.9 Å². The highest BCUT2D eigenvalue weighted by molar-refractivity contribution is 9.10. The summed E-state index contributed by atoms with van der Waals surface area (Å²) in [5.74, 6) is 0. The molecule has 3 rings (SSSR count). The Morgan fingerprint density at radius 2 is 2.05 bits per heavy atom. The number of fused-ring (bicyclic) bond motifs is 1. The summed E-state index contributed by atoms with van der Waals surface area (Å²) in [4.78, 5) is 4.69. The van der Waals surface area contributed by atoms with Gasteiger partial charge in [-0.25, -0.2) is 4.98 Å². The fourth-order valence-electron chi connectivity index (χ4n) is 2.28. The maximum absolute atomic E-state index is 9.09. The van der Waals surface area contributed by atoms with Gasteiger partial charge in [-0.1, -0.05) is 30.3 Å². The van der Waals surface area contributed by atoms with Crippen molar-refractivity contribution in [1.29, 1.82) is 5.26 Å². The lowest BCUT2D eigenvalue weighted by Crippen LogP contribution is -1.94. The Morgan fingerprint density at radius 3 is 2.75 bits per heavy atom. The molecule has 2 heterocycles. The third-order valence-electron chi connectivity index (χ3n) is 3.30. The smallest absolute Gasteiger partial charge is 0.138 e. The van der Waals surface area contributed by atoms with E-state index in [1.165, 1.54) is 0 Å². The van der Waals surface area contributed by atoms with Crippen molar-refractivity contribution >= 4 is 21.6 Å². The highest BCUT2D eigenvalue weighted by atomic mass is 79.9. The Balaban J connectivity index is 2.32. The molecule has 0 aliphatic carbocycles. The lowest BCUT2D eigenvalue weighted by atomic mass is 10.1. The summed E-state index contributed by atoms with van der Waals surface area (Å²) in [5, 5.41) is 9.09. The van der Waals surface area contributed by atoms with Crippen LogP contribution in [0.15, 0.2) is 47.1 Å². The molecule has 0 fully saturated rings. The summed E-state index contributed by atoms with van der Waals surface area (Å²) in [6.07, 6.45) is 2.32. The zero-order valence-corrected chi connectivity index (χ0v) is 12.6. The Labute approximate surface area is 125 Å². The highest BCUT2D eigenvalue weighted by Crippen LogP contribution is 2.27. The van der Waals surface area contributed by atoms with Crippen LogP contribution < -0.4 is 0 Å². The van der Waals surface area contributed by atoms with Gasteiger partial charge < -0.3 is 4.40 Å². The van der Waals surface area contributed by atoms with Gasteiger partial charge in [-0.2, -0.15) is 5.26 Å². The second-order valence-corrected chi connectivity index (χ2v) is 5.49. The largest absolute Gasteiger partial charge is 0.301 e. The summed E-state index contributed by atoms with van der Waals surface area (Å²) >= 11 is 3.54. The molecule has 2 aromatic heterocycles. The molecule has 0 saturated heterocycles. The zero-order valence-electron chi connectivity index (χ0n) is 11.0. The van der Waals surface area contributed by atoms with Crippen LogP contribution in [0.2, 0.25) is 0 Å². The Hall–Kier alpha value is -2.12. The van der Waals surface area contributed by atoms with Crippen molar-refractivity contribution in [2.75, 3.05) is 0 Å². The molecule has 98 valence electrons. The standard InChI is InChI=1S/C16H12BrN3/c1-11-9-15-19-16(12-5-3-2-4-6-12)14(7-8-18)20(15)10-13(11)17/h2-6,9-10H,7H2,1H3. The number of aromatic nitrogens is 2. The van der Waals surface area contributed by atoms with E-state index in [4.69, 9.17) is 10.2 Å². The van der Waals surface area contributed by atoms with Gasteiger partial charge >= 0.3 is 0 Å². The van der Waals surface area contributed by atoms with Gasteiger partial charge in [-0.05, 0) is 34.5 Å². The van der Waals surface area contributed by atoms with E-state index < -0.39 is 0 Å². The molecule has 0 aliphatic rings. The minimum absolute atomic E-state index is 0.334. The topological polar surface area (TPSA) is 41.1 Å². The molecule has 20 heavy (non-hydrogen) atoms. The van der Waals surface area contributed by atoms with Crippen molar-refractivity contribution in [3.05, 3.63) is 58.3 Å². The molecule has 4 heteroatoms. The molecule has 0 spiro atoms. The first-order valence-electron chi connectivity index (χ1n) is 6.30. The van der Waals surface area contributed by atoms with Crippen LogP contribution in [-0.2, 0) is 6.42 Å². The molecule has 0 bridgehead atoms. The molecule has 3 aromatic rings. The molecular formula is C16H12BrN3. The average molecular weight is 326 g/mol. The number of pyridine rings is 1. The summed E-state index contributed by atoms with van der Waals surface area (Å²) in [6.45, 7) is 2.03. The Morgan fingerprint density at radius 1 is 1.30 bits per heavy atom. The van der Waals surface area contributed by atoms with E-state index in [2.05, 4.69) is 22.0 Å². The highest BCUT2D eigenvalue weighted by Gasteiger charge is 2.14. The van der Waals surface area contributed by atoms with E-state index >= 15 is 0 Å². The zero-order chi connectivity index (χ0) is 14.1. The molecule has 0 N–H and O–H groups in total. The van der Waals surface area contributed by atoms with Crippen molar-refractivity contribution in [2.45, 2.75) is 13.3 Å². The van der Waals surface area contributed by atoms with Crippen molar-refractivity contribution < 1.29 is 0 Å². The molecule has 0 radical (unpaired) electrons. The van der Waals surface area contributed by atoms with E-state index in [0.29, 0.717) is 6.42 Å². The van der Waals surface area contributed by atoms with E-state index in [9.17, 15) is 0 Å². The fraction of sp³-hybridized carbons (Fsp3) is 0.125. The lowest BCUT2D eigenvalue weighted by molar-refractivity contribution is 1.04. The van der Waals surface area contributed by atoms with Crippen molar-refractivity contribution in [2.24, 2.45) is 0 Å². The first kappa shape index (κ1) is 12.9. The molecule has 0 saturated carbocycles. The number of benzene rings is 1. The van der Waals surface area contributed by atoms with Gasteiger partial charge in [-0.15, -0.1) is 0 Å². The number of aryl methyl sites for hydroxylation is 1. The van der Waals surface area contributed by atoms with E-state index in [0.717, 1.165) is 32.6 Å². The number of rotatable bonds is 2. The molecule has 0 aliphatic heterocycles. The monoisotopic (exact) mass is 325 g/mol. The van der Waals surface area contributed by atoms with Gasteiger partial charge in [0.1, 0.15) is 5.65 Å². The van der Waals surface area contributed by atoms with Crippen LogP contribution in [0.25, 0.3) is 16.9 Å². The van der Waals surface area contributed by atoms with Crippen molar-refractivity contribution in [1.82, 2.24) is 9.38 Å². The number of hydrogen-bond donors (Lipinski definition) is 0. The van der Waals surface area contributed by atoms with Crippen LogP contribution in [0, 0.1) is 18.3 Å². The summed E-state index contributed by atoms with van der Waals surface area (Å²) in [7, 11) is 0. The van der Waals surface area contributed by atoms with Crippen LogP contribution in [0.3, 0.4) is 0 Å². The number of halogens is 1. The van der Waals surface area contributed by atoms with Gasteiger partial charge in [-0.3, -0.25) is 0 Å². The Bertz CT molecular complexity index is 813. The maximum atomic E-state index is 9.09. The average Bonchev–Trinajstić information content (AvgIpc) is 2.79. The number of imidazole rings is 1. The van der Waals surface area contributed by atoms with Gasteiger partial charge in [0.15, 0.2) is 0 Å². The van der Waals surface area contributed by atoms with Crippen LogP contribution in [0.1, 0.15) is 11.3 Å². The Kier molecular flexibility index (Phi) is 3.29. The first-order chi connectivity index (χ1) is 9.70. The molecule has 0 atom stereocenters. The molecule has 0 amide bonds. The number of hydrogen-bond acceptors (Lipinski definition) is 2. The normalized spacial score (nSPS) is 10.7. The molecule has 0 unspecified atom stereocenters. The maximum Gasteiger partial charge on any atom is 0.138 e. The van der Waals surface area contributed by atoms with Crippen LogP contribution in [0.4, 0.5) is 0 Å². The third-order valence-corrected chi connectivity index (χ3v) is 4.13. The van der Waals surface area contributed by atoms with E-state index in [-0.39, 0.29) is 0 Å². The minimum atomic E-state index is 0.334.